The van der Waals surface area contributed by atoms with Gasteiger partial charge in [0, 0.05) is 17.5 Å². The van der Waals surface area contributed by atoms with Crippen LogP contribution in [0.15, 0.2) is 36.4 Å². The largest absolute Gasteiger partial charge is 0.493 e. The molecule has 0 radical (unpaired) electrons. The SMILES string of the molecule is CC(O)c1cc(C(F)(F)F)ccc1Oc1ccc2c(c1)OCC[C@H]2C1SC(=O)NC1=O. The number of fused-ring (bicyclic) bond motifs is 1. The summed E-state index contributed by atoms with van der Waals surface area (Å²) in [5.74, 6) is 0.326. The molecule has 0 bridgehead atoms. The highest BCUT2D eigenvalue weighted by atomic mass is 32.2. The van der Waals surface area contributed by atoms with Gasteiger partial charge in [0.1, 0.15) is 22.5 Å². The van der Waals surface area contributed by atoms with E-state index in [0.717, 1.165) is 29.5 Å². The zero-order chi connectivity index (χ0) is 22.3. The quantitative estimate of drug-likeness (QED) is 0.694. The first kappa shape index (κ1) is 21.5. The van der Waals surface area contributed by atoms with Crippen LogP contribution >= 0.6 is 11.8 Å². The third kappa shape index (κ3) is 4.35. The number of aliphatic hydroxyl groups excluding tert-OH is 1. The number of hydrogen-bond donors (Lipinski definition) is 2. The van der Waals surface area contributed by atoms with E-state index in [9.17, 15) is 27.9 Å². The van der Waals surface area contributed by atoms with Crippen LogP contribution in [0.1, 0.15) is 42.1 Å². The molecule has 0 saturated carbocycles. The Hall–Kier alpha value is -2.72. The van der Waals surface area contributed by atoms with Gasteiger partial charge in [0.15, 0.2) is 0 Å². The van der Waals surface area contributed by atoms with Gasteiger partial charge < -0.3 is 14.6 Å². The summed E-state index contributed by atoms with van der Waals surface area (Å²) < 4.78 is 50.5. The van der Waals surface area contributed by atoms with Crippen LogP contribution in [0.25, 0.3) is 0 Å². The van der Waals surface area contributed by atoms with Crippen LogP contribution in [0.3, 0.4) is 0 Å². The molecular formula is C21H18F3NO5S. The molecule has 2 heterocycles. The first-order chi connectivity index (χ1) is 14.6. The lowest BCUT2D eigenvalue weighted by Crippen LogP contribution is -2.31. The van der Waals surface area contributed by atoms with Gasteiger partial charge >= 0.3 is 6.18 Å². The van der Waals surface area contributed by atoms with Crippen LogP contribution in [0.5, 0.6) is 17.2 Å². The smallest absolute Gasteiger partial charge is 0.416 e. The van der Waals surface area contributed by atoms with Crippen LogP contribution in [0.2, 0.25) is 0 Å². The molecule has 0 aliphatic carbocycles. The monoisotopic (exact) mass is 453 g/mol. The Morgan fingerprint density at radius 3 is 2.65 bits per heavy atom. The van der Waals surface area contributed by atoms with Crippen LogP contribution in [-0.4, -0.2) is 28.1 Å². The van der Waals surface area contributed by atoms with Gasteiger partial charge in [-0.1, -0.05) is 17.8 Å². The van der Waals surface area contributed by atoms with Gasteiger partial charge in [-0.3, -0.25) is 14.9 Å². The first-order valence-corrected chi connectivity index (χ1v) is 10.4. The Morgan fingerprint density at radius 2 is 2.00 bits per heavy atom. The second-order valence-electron chi connectivity index (χ2n) is 7.29. The van der Waals surface area contributed by atoms with Crippen molar-refractivity contribution in [3.8, 4) is 17.2 Å². The summed E-state index contributed by atoms with van der Waals surface area (Å²) in [5.41, 5.74) is -0.123. The van der Waals surface area contributed by atoms with E-state index < -0.39 is 23.1 Å². The van der Waals surface area contributed by atoms with Crippen molar-refractivity contribution in [1.29, 1.82) is 0 Å². The summed E-state index contributed by atoms with van der Waals surface area (Å²) in [6.45, 7) is 1.70. The fourth-order valence-corrected chi connectivity index (χ4v) is 4.68. The van der Waals surface area contributed by atoms with Crippen LogP contribution in [-0.2, 0) is 11.0 Å². The molecule has 1 fully saturated rings. The van der Waals surface area contributed by atoms with Gasteiger partial charge in [-0.25, -0.2) is 0 Å². The zero-order valence-electron chi connectivity index (χ0n) is 16.2. The van der Waals surface area contributed by atoms with Crippen molar-refractivity contribution >= 4 is 22.9 Å². The first-order valence-electron chi connectivity index (χ1n) is 9.49. The summed E-state index contributed by atoms with van der Waals surface area (Å²) in [4.78, 5) is 23.6. The number of rotatable bonds is 4. The standard InChI is InChI=1S/C21H18F3NO5S/c1-10(26)15-8-11(21(22,23)24)2-5-16(15)30-12-3-4-13-14(6-7-29-17(13)9-12)18-19(27)25-20(28)31-18/h2-5,8-10,14,18,26H,6-7H2,1H3,(H,25,27,28)/t10?,14-,18?/m1/s1. The van der Waals surface area contributed by atoms with Gasteiger partial charge in [-0.05, 0) is 43.2 Å². The minimum atomic E-state index is -4.54. The Bertz CT molecular complexity index is 1040. The molecule has 2 aliphatic heterocycles. The number of thioether (sulfide) groups is 1. The molecule has 2 N–H and O–H groups in total. The van der Waals surface area contributed by atoms with E-state index in [2.05, 4.69) is 5.32 Å². The maximum absolute atomic E-state index is 13.0. The molecule has 2 unspecified atom stereocenters. The molecule has 2 aromatic carbocycles. The molecule has 1 saturated heterocycles. The Kier molecular flexibility index (Phi) is 5.61. The van der Waals surface area contributed by atoms with Gasteiger partial charge in [0.05, 0.1) is 18.3 Å². The fourth-order valence-electron chi connectivity index (χ4n) is 3.68. The molecule has 10 heteroatoms. The maximum atomic E-state index is 13.0. The molecule has 0 aromatic heterocycles. The van der Waals surface area contributed by atoms with Crippen molar-refractivity contribution in [1.82, 2.24) is 5.32 Å². The number of aliphatic hydroxyl groups is 1. The Labute approximate surface area is 179 Å². The van der Waals surface area contributed by atoms with E-state index in [1.54, 1.807) is 18.2 Å². The Balaban J connectivity index is 1.62. The highest BCUT2D eigenvalue weighted by molar-refractivity contribution is 8.15. The molecule has 4 rings (SSSR count). The van der Waals surface area contributed by atoms with E-state index in [4.69, 9.17) is 9.47 Å². The molecule has 2 amide bonds. The van der Waals surface area contributed by atoms with Gasteiger partial charge in [0.25, 0.3) is 5.24 Å². The third-order valence-corrected chi connectivity index (χ3v) is 6.28. The fraction of sp³-hybridized carbons (Fsp3) is 0.333. The molecular weight excluding hydrogens is 435 g/mol. The number of ether oxygens (including phenoxy) is 2. The third-order valence-electron chi connectivity index (χ3n) is 5.17. The van der Waals surface area contributed by atoms with Crippen molar-refractivity contribution in [3.05, 3.63) is 53.1 Å². The lowest BCUT2D eigenvalue weighted by molar-refractivity contribution is -0.137. The van der Waals surface area contributed by atoms with Crippen molar-refractivity contribution in [2.45, 2.75) is 36.8 Å². The summed E-state index contributed by atoms with van der Waals surface area (Å²) in [6.07, 6.45) is -5.15. The van der Waals surface area contributed by atoms with Gasteiger partial charge in [-0.15, -0.1) is 0 Å². The number of alkyl halides is 3. The van der Waals surface area contributed by atoms with Crippen LogP contribution in [0, 0.1) is 0 Å². The van der Waals surface area contributed by atoms with E-state index >= 15 is 0 Å². The zero-order valence-corrected chi connectivity index (χ0v) is 17.0. The van der Waals surface area contributed by atoms with Crippen molar-refractivity contribution in [2.75, 3.05) is 6.61 Å². The summed E-state index contributed by atoms with van der Waals surface area (Å²) >= 11 is 0.953. The van der Waals surface area contributed by atoms with E-state index in [-0.39, 0.29) is 28.4 Å². The second-order valence-corrected chi connectivity index (χ2v) is 8.40. The number of hydrogen-bond acceptors (Lipinski definition) is 6. The average Bonchev–Trinajstić information content (AvgIpc) is 3.04. The number of imide groups is 1. The molecule has 0 spiro atoms. The van der Waals surface area contributed by atoms with Gasteiger partial charge in [0.2, 0.25) is 5.91 Å². The second kappa shape index (κ2) is 8.08. The minimum Gasteiger partial charge on any atom is -0.493 e. The number of carbonyl (C=O) groups excluding carboxylic acids is 2. The predicted octanol–water partition coefficient (Wildman–Crippen LogP) is 4.77. The van der Waals surface area contributed by atoms with Crippen LogP contribution < -0.4 is 14.8 Å². The number of nitrogens with one attached hydrogen (secondary N) is 1. The van der Waals surface area contributed by atoms with Crippen molar-refractivity contribution < 1.29 is 37.3 Å². The van der Waals surface area contributed by atoms with Gasteiger partial charge in [-0.2, -0.15) is 13.2 Å². The number of benzene rings is 2. The summed E-state index contributed by atoms with van der Waals surface area (Å²) in [6, 6.07) is 7.83. The lowest BCUT2D eigenvalue weighted by Gasteiger charge is -2.28. The highest BCUT2D eigenvalue weighted by Crippen LogP contribution is 2.44. The highest BCUT2D eigenvalue weighted by Gasteiger charge is 2.41. The number of carbonyl (C=O) groups is 2. The number of amides is 2. The maximum Gasteiger partial charge on any atom is 0.416 e. The summed E-state index contributed by atoms with van der Waals surface area (Å²) in [5, 5.41) is 11.3. The molecule has 2 aliphatic rings. The molecule has 3 atom stereocenters. The van der Waals surface area contributed by atoms with Crippen molar-refractivity contribution in [2.24, 2.45) is 0 Å². The normalized spacial score (nSPS) is 21.8. The molecule has 31 heavy (non-hydrogen) atoms. The topological polar surface area (TPSA) is 84.9 Å². The van der Waals surface area contributed by atoms with E-state index in [1.807, 2.05) is 0 Å². The molecule has 164 valence electrons. The minimum absolute atomic E-state index is 0.00359. The number of halogens is 3. The predicted molar refractivity (Wildman–Crippen MR) is 106 cm³/mol. The lowest BCUT2D eigenvalue weighted by atomic mass is 9.89. The van der Waals surface area contributed by atoms with E-state index in [0.29, 0.717) is 24.5 Å². The summed E-state index contributed by atoms with van der Waals surface area (Å²) in [7, 11) is 0. The van der Waals surface area contributed by atoms with E-state index in [1.165, 1.54) is 13.0 Å². The van der Waals surface area contributed by atoms with Crippen LogP contribution in [0.4, 0.5) is 18.0 Å². The van der Waals surface area contributed by atoms with Crippen molar-refractivity contribution in [3.63, 3.8) is 0 Å². The molecule has 2 aromatic rings. The average molecular weight is 453 g/mol. The Morgan fingerprint density at radius 1 is 1.23 bits per heavy atom. The molecule has 6 nitrogen and oxygen atoms in total.